The third kappa shape index (κ3) is 5.32. The van der Waals surface area contributed by atoms with Crippen LogP contribution < -0.4 is 4.74 Å². The van der Waals surface area contributed by atoms with Gasteiger partial charge in [-0.2, -0.15) is 0 Å². The number of rotatable bonds is 7. The van der Waals surface area contributed by atoms with Crippen LogP contribution >= 0.6 is 0 Å². The molecular weight excluding hydrogens is 344 g/mol. The zero-order valence-electron chi connectivity index (χ0n) is 15.7. The lowest BCUT2D eigenvalue weighted by Gasteiger charge is -2.26. The Morgan fingerprint density at radius 2 is 2.04 bits per heavy atom. The van der Waals surface area contributed by atoms with Crippen LogP contribution in [0, 0.1) is 0 Å². The summed E-state index contributed by atoms with van der Waals surface area (Å²) in [6.07, 6.45) is 8.61. The van der Waals surface area contributed by atoms with E-state index < -0.39 is 0 Å². The molecule has 0 saturated carbocycles. The molecule has 2 aromatic rings. The summed E-state index contributed by atoms with van der Waals surface area (Å²) in [6.45, 7) is 2.88. The summed E-state index contributed by atoms with van der Waals surface area (Å²) < 4.78 is 7.56. The van der Waals surface area contributed by atoms with Gasteiger partial charge in [0, 0.05) is 51.2 Å². The fourth-order valence-electron chi connectivity index (χ4n) is 3.10. The van der Waals surface area contributed by atoms with Crippen molar-refractivity contribution in [1.29, 1.82) is 0 Å². The van der Waals surface area contributed by atoms with Crippen LogP contribution in [0.5, 0.6) is 5.75 Å². The first-order valence-electron chi connectivity index (χ1n) is 9.35. The van der Waals surface area contributed by atoms with Crippen LogP contribution in [0.3, 0.4) is 0 Å². The van der Waals surface area contributed by atoms with Crippen LogP contribution in [0.1, 0.15) is 29.6 Å². The molecule has 2 heterocycles. The van der Waals surface area contributed by atoms with Crippen LogP contribution in [0.15, 0.2) is 43.0 Å². The third-order valence-electron chi connectivity index (χ3n) is 4.75. The fourth-order valence-corrected chi connectivity index (χ4v) is 3.10. The van der Waals surface area contributed by atoms with E-state index in [2.05, 4.69) is 4.98 Å². The molecule has 0 atom stereocenters. The molecule has 0 N–H and O–H groups in total. The lowest BCUT2D eigenvalue weighted by Crippen LogP contribution is -2.38. The van der Waals surface area contributed by atoms with E-state index >= 15 is 0 Å². The Labute approximate surface area is 159 Å². The average Bonchev–Trinajstić information content (AvgIpc) is 3.24. The first-order valence-corrected chi connectivity index (χ1v) is 9.35. The highest BCUT2D eigenvalue weighted by molar-refractivity contribution is 5.94. The summed E-state index contributed by atoms with van der Waals surface area (Å²) in [5.41, 5.74) is 0.547. The molecular formula is C20H26N4O3. The molecule has 0 aliphatic carbocycles. The summed E-state index contributed by atoms with van der Waals surface area (Å²) in [4.78, 5) is 32.3. The molecule has 2 amide bonds. The zero-order chi connectivity index (χ0) is 19.1. The second-order valence-corrected chi connectivity index (χ2v) is 6.79. The lowest BCUT2D eigenvalue weighted by atomic mass is 10.1. The molecule has 1 aromatic heterocycles. The van der Waals surface area contributed by atoms with Crippen LogP contribution in [-0.4, -0.2) is 64.5 Å². The van der Waals surface area contributed by atoms with Crippen molar-refractivity contribution in [2.75, 3.05) is 33.3 Å². The molecule has 0 unspecified atom stereocenters. The van der Waals surface area contributed by atoms with Gasteiger partial charge >= 0.3 is 0 Å². The number of aromatic nitrogens is 2. The van der Waals surface area contributed by atoms with E-state index in [9.17, 15) is 9.59 Å². The van der Waals surface area contributed by atoms with Gasteiger partial charge in [-0.3, -0.25) is 9.59 Å². The Bertz CT molecular complexity index is 754. The molecule has 27 heavy (non-hydrogen) atoms. The third-order valence-corrected chi connectivity index (χ3v) is 4.75. The van der Waals surface area contributed by atoms with Gasteiger partial charge in [-0.25, -0.2) is 4.98 Å². The molecule has 1 aliphatic heterocycles. The Morgan fingerprint density at radius 1 is 1.22 bits per heavy atom. The molecule has 1 aliphatic rings. The van der Waals surface area contributed by atoms with Crippen molar-refractivity contribution in [3.05, 3.63) is 48.5 Å². The minimum absolute atomic E-state index is 0.00359. The van der Waals surface area contributed by atoms with Gasteiger partial charge < -0.3 is 19.1 Å². The highest BCUT2D eigenvalue weighted by atomic mass is 16.5. The maximum atomic E-state index is 12.6. The van der Waals surface area contributed by atoms with E-state index in [1.54, 1.807) is 48.7 Å². The number of hydrogen-bond acceptors (Lipinski definition) is 4. The second kappa shape index (κ2) is 9.21. The van der Waals surface area contributed by atoms with E-state index in [1.165, 1.54) is 6.42 Å². The van der Waals surface area contributed by atoms with Gasteiger partial charge in [0.25, 0.3) is 11.8 Å². The van der Waals surface area contributed by atoms with Gasteiger partial charge in [0.1, 0.15) is 5.75 Å². The largest absolute Gasteiger partial charge is 0.484 e. The highest BCUT2D eigenvalue weighted by Crippen LogP contribution is 2.16. The molecule has 0 radical (unpaired) electrons. The van der Waals surface area contributed by atoms with E-state index in [-0.39, 0.29) is 18.4 Å². The minimum atomic E-state index is -0.0806. The molecule has 0 bridgehead atoms. The first kappa shape index (κ1) is 18.9. The normalized spacial score (nSPS) is 14.0. The van der Waals surface area contributed by atoms with Crippen molar-refractivity contribution < 1.29 is 14.3 Å². The van der Waals surface area contributed by atoms with Crippen molar-refractivity contribution in [2.45, 2.75) is 25.8 Å². The number of imidazole rings is 1. The van der Waals surface area contributed by atoms with Crippen molar-refractivity contribution in [3.63, 3.8) is 0 Å². The van der Waals surface area contributed by atoms with Gasteiger partial charge in [-0.05, 0) is 37.5 Å². The Morgan fingerprint density at radius 3 is 2.78 bits per heavy atom. The smallest absolute Gasteiger partial charge is 0.260 e. The number of carbonyl (C=O) groups excluding carboxylic acids is 2. The number of hydrogen-bond donors (Lipinski definition) is 0. The monoisotopic (exact) mass is 370 g/mol. The van der Waals surface area contributed by atoms with Crippen LogP contribution in [0.25, 0.3) is 0 Å². The summed E-state index contributed by atoms with van der Waals surface area (Å²) in [6, 6.07) is 7.00. The SMILES string of the molecule is CN(CCn1ccnc1)C(=O)c1cccc(OCC(=O)N2CCCCC2)c1. The van der Waals surface area contributed by atoms with Crippen LogP contribution in [0.2, 0.25) is 0 Å². The summed E-state index contributed by atoms with van der Waals surface area (Å²) in [5, 5.41) is 0. The quantitative estimate of drug-likeness (QED) is 0.748. The Hall–Kier alpha value is -2.83. The van der Waals surface area contributed by atoms with Gasteiger partial charge in [0.2, 0.25) is 0 Å². The van der Waals surface area contributed by atoms with Crippen molar-refractivity contribution in [3.8, 4) is 5.75 Å². The standard InChI is InChI=1S/C20H26N4O3/c1-22(12-13-23-11-8-21-16-23)20(26)17-6-5-7-18(14-17)27-15-19(25)24-9-3-2-4-10-24/h5-8,11,14,16H,2-4,9-10,12-13,15H2,1H3. The molecule has 1 saturated heterocycles. The van der Waals surface area contributed by atoms with E-state index in [0.29, 0.717) is 24.4 Å². The van der Waals surface area contributed by atoms with Gasteiger partial charge in [-0.15, -0.1) is 0 Å². The maximum Gasteiger partial charge on any atom is 0.260 e. The highest BCUT2D eigenvalue weighted by Gasteiger charge is 2.17. The number of likely N-dealkylation sites (N-methyl/N-ethyl adjacent to an activating group) is 1. The number of benzene rings is 1. The second-order valence-electron chi connectivity index (χ2n) is 6.79. The average molecular weight is 370 g/mol. The van der Waals surface area contributed by atoms with Gasteiger partial charge in [-0.1, -0.05) is 6.07 Å². The topological polar surface area (TPSA) is 67.7 Å². The van der Waals surface area contributed by atoms with Crippen molar-refractivity contribution >= 4 is 11.8 Å². The summed E-state index contributed by atoms with van der Waals surface area (Å²) >= 11 is 0. The number of likely N-dealkylation sites (tertiary alicyclic amines) is 1. The lowest BCUT2D eigenvalue weighted by molar-refractivity contribution is -0.134. The van der Waals surface area contributed by atoms with Crippen LogP contribution in [-0.2, 0) is 11.3 Å². The molecule has 3 rings (SSSR count). The number of nitrogens with zero attached hydrogens (tertiary/aromatic N) is 4. The summed E-state index contributed by atoms with van der Waals surface area (Å²) in [7, 11) is 1.77. The minimum Gasteiger partial charge on any atom is -0.484 e. The van der Waals surface area contributed by atoms with E-state index in [4.69, 9.17) is 4.74 Å². The molecule has 144 valence electrons. The van der Waals surface area contributed by atoms with Crippen molar-refractivity contribution in [2.24, 2.45) is 0 Å². The Kier molecular flexibility index (Phi) is 6.46. The summed E-state index contributed by atoms with van der Waals surface area (Å²) in [5.74, 6) is 0.459. The zero-order valence-corrected chi connectivity index (χ0v) is 15.7. The Balaban J connectivity index is 1.52. The molecule has 1 fully saturated rings. The number of piperidine rings is 1. The maximum absolute atomic E-state index is 12.6. The molecule has 1 aromatic carbocycles. The van der Waals surface area contributed by atoms with Crippen LogP contribution in [0.4, 0.5) is 0 Å². The van der Waals surface area contributed by atoms with Crippen molar-refractivity contribution in [1.82, 2.24) is 19.4 Å². The van der Waals surface area contributed by atoms with E-state index in [0.717, 1.165) is 25.9 Å². The predicted octanol–water partition coefficient (Wildman–Crippen LogP) is 2.05. The van der Waals surface area contributed by atoms with Gasteiger partial charge in [0.15, 0.2) is 6.61 Å². The number of amides is 2. The molecule has 7 nitrogen and oxygen atoms in total. The first-order chi connectivity index (χ1) is 13.1. The number of ether oxygens (including phenoxy) is 1. The van der Waals surface area contributed by atoms with E-state index in [1.807, 2.05) is 15.7 Å². The van der Waals surface area contributed by atoms with Gasteiger partial charge in [0.05, 0.1) is 6.33 Å². The molecule has 0 spiro atoms. The number of carbonyl (C=O) groups is 2. The molecule has 7 heteroatoms. The fraction of sp³-hybridized carbons (Fsp3) is 0.450. The predicted molar refractivity (Wildman–Crippen MR) is 102 cm³/mol.